The predicted octanol–water partition coefficient (Wildman–Crippen LogP) is 5.19. The van der Waals surface area contributed by atoms with E-state index in [1.807, 2.05) is 23.9 Å². The number of ether oxygens (including phenoxy) is 1. The van der Waals surface area contributed by atoms with Crippen molar-refractivity contribution in [1.29, 1.82) is 0 Å². The van der Waals surface area contributed by atoms with Crippen molar-refractivity contribution in [3.05, 3.63) is 30.1 Å². The van der Waals surface area contributed by atoms with E-state index in [4.69, 9.17) is 4.74 Å². The molecule has 2 aliphatic rings. The van der Waals surface area contributed by atoms with Crippen LogP contribution in [0.25, 0.3) is 5.69 Å². The Labute approximate surface area is 195 Å². The van der Waals surface area contributed by atoms with Gasteiger partial charge in [-0.15, -0.1) is 10.2 Å². The first kappa shape index (κ1) is 23.1. The van der Waals surface area contributed by atoms with Gasteiger partial charge >= 0.3 is 0 Å². The lowest BCUT2D eigenvalue weighted by atomic mass is 9.89. The average molecular weight is 457 g/mol. The van der Waals surface area contributed by atoms with Crippen LogP contribution in [0.4, 0.5) is 0 Å². The van der Waals surface area contributed by atoms with Gasteiger partial charge in [0.15, 0.2) is 5.16 Å². The molecule has 0 unspecified atom stereocenters. The zero-order valence-electron chi connectivity index (χ0n) is 19.2. The van der Waals surface area contributed by atoms with Gasteiger partial charge in [-0.2, -0.15) is 0 Å². The average Bonchev–Trinajstić information content (AvgIpc) is 3.26. The predicted molar refractivity (Wildman–Crippen MR) is 128 cm³/mol. The summed E-state index contributed by atoms with van der Waals surface area (Å²) in [7, 11) is 1.68. The maximum Gasteiger partial charge on any atom is 0.223 e. The number of aromatic nitrogens is 3. The minimum Gasteiger partial charge on any atom is -0.497 e. The molecule has 1 amide bonds. The van der Waals surface area contributed by atoms with Crippen LogP contribution in [0.15, 0.2) is 29.4 Å². The Morgan fingerprint density at radius 2 is 1.72 bits per heavy atom. The molecule has 4 rings (SSSR count). The van der Waals surface area contributed by atoms with Crippen LogP contribution in [-0.2, 0) is 11.2 Å². The normalized spacial score (nSPS) is 17.9. The summed E-state index contributed by atoms with van der Waals surface area (Å²) in [6, 6.07) is 8.05. The smallest absolute Gasteiger partial charge is 0.223 e. The summed E-state index contributed by atoms with van der Waals surface area (Å²) < 4.78 is 7.48. The number of carbonyl (C=O) groups excluding carboxylic acids is 1. The van der Waals surface area contributed by atoms with Gasteiger partial charge < -0.3 is 10.1 Å². The number of carbonyl (C=O) groups is 1. The van der Waals surface area contributed by atoms with E-state index in [0.29, 0.717) is 13.0 Å². The van der Waals surface area contributed by atoms with Crippen LogP contribution in [0.2, 0.25) is 0 Å². The standard InChI is InChI=1S/C25H36N4O2S/c1-31-22-14-12-21(13-15-22)29-23(16-17-26-24(30)20-10-6-3-7-11-20)27-28-25(29)32-18-19-8-4-2-5-9-19/h12-15,19-20H,2-11,16-18H2,1H3,(H,26,30). The molecule has 32 heavy (non-hydrogen) atoms. The molecule has 7 heteroatoms. The van der Waals surface area contributed by atoms with Gasteiger partial charge in [-0.25, -0.2) is 0 Å². The van der Waals surface area contributed by atoms with E-state index >= 15 is 0 Å². The van der Waals surface area contributed by atoms with E-state index in [2.05, 4.69) is 32.2 Å². The van der Waals surface area contributed by atoms with Crippen LogP contribution in [0.1, 0.15) is 70.0 Å². The van der Waals surface area contributed by atoms with E-state index in [9.17, 15) is 4.79 Å². The molecular formula is C25H36N4O2S. The summed E-state index contributed by atoms with van der Waals surface area (Å²) in [5.41, 5.74) is 1.04. The van der Waals surface area contributed by atoms with Crippen LogP contribution in [0.5, 0.6) is 5.75 Å². The molecule has 0 atom stereocenters. The molecule has 1 aromatic carbocycles. The fraction of sp³-hybridized carbons (Fsp3) is 0.640. The summed E-state index contributed by atoms with van der Waals surface area (Å²) >= 11 is 1.81. The van der Waals surface area contributed by atoms with Crippen LogP contribution in [0.3, 0.4) is 0 Å². The molecule has 1 heterocycles. The largest absolute Gasteiger partial charge is 0.497 e. The molecule has 2 aromatic rings. The fourth-order valence-electron chi connectivity index (χ4n) is 4.90. The molecule has 0 aliphatic heterocycles. The van der Waals surface area contributed by atoms with E-state index < -0.39 is 0 Å². The summed E-state index contributed by atoms with van der Waals surface area (Å²) in [5.74, 6) is 3.97. The molecule has 2 saturated carbocycles. The van der Waals surface area contributed by atoms with Crippen molar-refractivity contribution in [2.24, 2.45) is 11.8 Å². The van der Waals surface area contributed by atoms with Gasteiger partial charge in [0.25, 0.3) is 0 Å². The van der Waals surface area contributed by atoms with Gasteiger partial charge in [0.1, 0.15) is 11.6 Å². The Morgan fingerprint density at radius 1 is 1.03 bits per heavy atom. The number of benzene rings is 1. The Morgan fingerprint density at radius 3 is 2.41 bits per heavy atom. The summed E-state index contributed by atoms with van der Waals surface area (Å²) in [6.07, 6.45) is 13.0. The molecule has 0 saturated heterocycles. The molecule has 0 spiro atoms. The van der Waals surface area contributed by atoms with E-state index in [-0.39, 0.29) is 11.8 Å². The zero-order chi connectivity index (χ0) is 22.2. The number of hydrogen-bond donors (Lipinski definition) is 1. The number of rotatable bonds is 9. The lowest BCUT2D eigenvalue weighted by Crippen LogP contribution is -2.33. The second kappa shape index (κ2) is 11.7. The quantitative estimate of drug-likeness (QED) is 0.526. The molecule has 0 radical (unpaired) electrons. The number of thioether (sulfide) groups is 1. The number of methoxy groups -OCH3 is 1. The Bertz CT molecular complexity index is 855. The van der Waals surface area contributed by atoms with Gasteiger partial charge in [0, 0.05) is 30.3 Å². The van der Waals surface area contributed by atoms with Crippen molar-refractivity contribution in [2.75, 3.05) is 19.4 Å². The topological polar surface area (TPSA) is 69.0 Å². The summed E-state index contributed by atoms with van der Waals surface area (Å²) in [5, 5.41) is 13.1. The van der Waals surface area contributed by atoms with Crippen molar-refractivity contribution in [2.45, 2.75) is 75.8 Å². The van der Waals surface area contributed by atoms with Crippen molar-refractivity contribution in [1.82, 2.24) is 20.1 Å². The second-order valence-electron chi connectivity index (χ2n) is 9.12. The first-order valence-electron chi connectivity index (χ1n) is 12.2. The van der Waals surface area contributed by atoms with E-state index in [1.54, 1.807) is 7.11 Å². The minimum atomic E-state index is 0.185. The highest BCUT2D eigenvalue weighted by molar-refractivity contribution is 7.99. The monoisotopic (exact) mass is 456 g/mol. The molecule has 1 N–H and O–H groups in total. The van der Waals surface area contributed by atoms with Gasteiger partial charge in [-0.1, -0.05) is 50.3 Å². The van der Waals surface area contributed by atoms with Crippen LogP contribution in [-0.4, -0.2) is 40.1 Å². The van der Waals surface area contributed by atoms with Crippen molar-refractivity contribution in [3.8, 4) is 11.4 Å². The van der Waals surface area contributed by atoms with E-state index in [0.717, 1.165) is 46.9 Å². The van der Waals surface area contributed by atoms with Crippen LogP contribution >= 0.6 is 11.8 Å². The maximum atomic E-state index is 12.5. The third-order valence-corrected chi connectivity index (χ3v) is 7.99. The first-order chi connectivity index (χ1) is 15.7. The fourth-order valence-corrected chi connectivity index (χ4v) is 6.06. The van der Waals surface area contributed by atoms with Gasteiger partial charge in [0.2, 0.25) is 5.91 Å². The molecule has 0 bridgehead atoms. The van der Waals surface area contributed by atoms with Gasteiger partial charge in [-0.05, 0) is 55.9 Å². The second-order valence-corrected chi connectivity index (χ2v) is 10.1. The molecule has 2 aliphatic carbocycles. The lowest BCUT2D eigenvalue weighted by Gasteiger charge is -2.21. The van der Waals surface area contributed by atoms with Crippen LogP contribution < -0.4 is 10.1 Å². The minimum absolute atomic E-state index is 0.185. The lowest BCUT2D eigenvalue weighted by molar-refractivity contribution is -0.125. The molecule has 1 aromatic heterocycles. The Balaban J connectivity index is 1.43. The molecule has 6 nitrogen and oxygen atoms in total. The number of hydrogen-bond acceptors (Lipinski definition) is 5. The highest BCUT2D eigenvalue weighted by Crippen LogP contribution is 2.31. The van der Waals surface area contributed by atoms with Gasteiger partial charge in [-0.3, -0.25) is 9.36 Å². The molecule has 174 valence electrons. The Hall–Kier alpha value is -2.02. The zero-order valence-corrected chi connectivity index (χ0v) is 20.0. The molecular weight excluding hydrogens is 420 g/mol. The molecule has 2 fully saturated rings. The maximum absolute atomic E-state index is 12.5. The third-order valence-electron chi connectivity index (χ3n) is 6.83. The Kier molecular flexibility index (Phi) is 8.49. The van der Waals surface area contributed by atoms with Crippen molar-refractivity contribution >= 4 is 17.7 Å². The van der Waals surface area contributed by atoms with E-state index in [1.165, 1.54) is 51.4 Å². The summed E-state index contributed by atoms with van der Waals surface area (Å²) in [6.45, 7) is 0.594. The third kappa shape index (κ3) is 6.06. The van der Waals surface area contributed by atoms with Gasteiger partial charge in [0.05, 0.1) is 7.11 Å². The SMILES string of the molecule is COc1ccc(-n2c(CCNC(=O)C3CCCCC3)nnc2SCC2CCCCC2)cc1. The van der Waals surface area contributed by atoms with Crippen molar-refractivity contribution in [3.63, 3.8) is 0 Å². The number of amides is 1. The highest BCUT2D eigenvalue weighted by Gasteiger charge is 2.22. The van der Waals surface area contributed by atoms with Crippen LogP contribution in [0, 0.1) is 11.8 Å². The summed E-state index contributed by atoms with van der Waals surface area (Å²) in [4.78, 5) is 12.5. The van der Waals surface area contributed by atoms with Crippen molar-refractivity contribution < 1.29 is 9.53 Å². The number of nitrogens with one attached hydrogen (secondary N) is 1. The first-order valence-corrected chi connectivity index (χ1v) is 13.2. The highest BCUT2D eigenvalue weighted by atomic mass is 32.2. The number of nitrogens with zero attached hydrogens (tertiary/aromatic N) is 3.